The number of carbonyl (C=O) groups is 1. The maximum absolute atomic E-state index is 13.0. The van der Waals surface area contributed by atoms with Crippen molar-refractivity contribution >= 4 is 26.8 Å². The molecule has 0 aliphatic carbocycles. The zero-order valence-electron chi connectivity index (χ0n) is 16.8. The molecule has 0 radical (unpaired) electrons. The summed E-state index contributed by atoms with van der Waals surface area (Å²) in [4.78, 5) is 12.8. The maximum Gasteiger partial charge on any atom is 0.325 e. The Kier molecular flexibility index (Phi) is 6.05. The van der Waals surface area contributed by atoms with E-state index in [-0.39, 0.29) is 11.3 Å². The molecule has 1 N–H and O–H groups in total. The molecule has 3 rings (SSSR count). The van der Waals surface area contributed by atoms with E-state index in [4.69, 9.17) is 4.74 Å². The average Bonchev–Trinajstić information content (AvgIpc) is 2.66. The van der Waals surface area contributed by atoms with Crippen LogP contribution in [-0.2, 0) is 26.0 Å². The molecule has 0 saturated heterocycles. The van der Waals surface area contributed by atoms with Crippen molar-refractivity contribution in [3.63, 3.8) is 0 Å². The quantitative estimate of drug-likeness (QED) is 0.621. The van der Waals surface area contributed by atoms with E-state index in [1.165, 1.54) is 0 Å². The molecule has 0 aliphatic heterocycles. The zero-order chi connectivity index (χ0) is 21.1. The number of carbonyl (C=O) groups excluding carboxylic acids is 1. The molecular weight excluding hydrogens is 386 g/mol. The van der Waals surface area contributed by atoms with E-state index in [1.807, 2.05) is 54.6 Å². The Morgan fingerprint density at radius 1 is 0.931 bits per heavy atom. The molecule has 3 aromatic rings. The second-order valence-electron chi connectivity index (χ2n) is 7.91. The third kappa shape index (κ3) is 5.65. The van der Waals surface area contributed by atoms with Crippen LogP contribution in [0.25, 0.3) is 10.8 Å². The second kappa shape index (κ2) is 8.35. The molecule has 0 fully saturated rings. The number of benzene rings is 3. The lowest BCUT2D eigenvalue weighted by Crippen LogP contribution is -2.45. The summed E-state index contributed by atoms with van der Waals surface area (Å²) in [5.74, 6) is -0.606. The summed E-state index contributed by atoms with van der Waals surface area (Å²) in [5, 5.41) is 1.76. The van der Waals surface area contributed by atoms with Gasteiger partial charge in [-0.25, -0.2) is 8.42 Å². The van der Waals surface area contributed by atoms with Crippen molar-refractivity contribution in [2.24, 2.45) is 0 Å². The maximum atomic E-state index is 13.0. The normalized spacial score (nSPS) is 13.2. The first-order valence-corrected chi connectivity index (χ1v) is 10.9. The third-order valence-electron chi connectivity index (χ3n) is 4.30. The van der Waals surface area contributed by atoms with Gasteiger partial charge in [0.1, 0.15) is 11.6 Å². The molecular formula is C23H25NO4S. The van der Waals surface area contributed by atoms with Crippen LogP contribution in [0.3, 0.4) is 0 Å². The van der Waals surface area contributed by atoms with E-state index in [1.54, 1.807) is 39.0 Å². The fourth-order valence-electron chi connectivity index (χ4n) is 2.99. The smallest absolute Gasteiger partial charge is 0.325 e. The SMILES string of the molecule is CC(C)(C)OC(=O)C(Cc1ccccc1)NS(=O)(=O)c1ccc2ccccc2c1. The second-order valence-corrected chi connectivity index (χ2v) is 9.62. The summed E-state index contributed by atoms with van der Waals surface area (Å²) in [6.07, 6.45) is 0.197. The van der Waals surface area contributed by atoms with Crippen LogP contribution in [0.5, 0.6) is 0 Å². The summed E-state index contributed by atoms with van der Waals surface area (Å²) in [7, 11) is -3.92. The van der Waals surface area contributed by atoms with Gasteiger partial charge < -0.3 is 4.74 Å². The van der Waals surface area contributed by atoms with Gasteiger partial charge in [0.2, 0.25) is 10.0 Å². The Morgan fingerprint density at radius 2 is 1.55 bits per heavy atom. The summed E-state index contributed by atoms with van der Waals surface area (Å²) >= 11 is 0. The summed E-state index contributed by atoms with van der Waals surface area (Å²) in [6.45, 7) is 5.26. The Morgan fingerprint density at radius 3 is 2.21 bits per heavy atom. The van der Waals surface area contributed by atoms with Gasteiger partial charge in [-0.3, -0.25) is 4.79 Å². The molecule has 0 bridgehead atoms. The van der Waals surface area contributed by atoms with Gasteiger partial charge in [0, 0.05) is 0 Å². The molecule has 1 atom stereocenters. The predicted molar refractivity (Wildman–Crippen MR) is 114 cm³/mol. The number of fused-ring (bicyclic) bond motifs is 1. The number of rotatable bonds is 6. The molecule has 6 heteroatoms. The number of nitrogens with one attached hydrogen (secondary N) is 1. The van der Waals surface area contributed by atoms with E-state index in [0.717, 1.165) is 16.3 Å². The van der Waals surface area contributed by atoms with Crippen LogP contribution in [0.1, 0.15) is 26.3 Å². The van der Waals surface area contributed by atoms with Gasteiger partial charge in [0.25, 0.3) is 0 Å². The van der Waals surface area contributed by atoms with Crippen molar-refractivity contribution in [1.82, 2.24) is 4.72 Å². The Balaban J connectivity index is 1.90. The first kappa shape index (κ1) is 21.0. The first-order chi connectivity index (χ1) is 13.6. The first-order valence-electron chi connectivity index (χ1n) is 9.42. The molecule has 0 aromatic heterocycles. The van der Waals surface area contributed by atoms with Gasteiger partial charge in [0.15, 0.2) is 0 Å². The molecule has 29 heavy (non-hydrogen) atoms. The van der Waals surface area contributed by atoms with Gasteiger partial charge in [-0.2, -0.15) is 4.72 Å². The largest absolute Gasteiger partial charge is 0.459 e. The number of hydrogen-bond acceptors (Lipinski definition) is 4. The van der Waals surface area contributed by atoms with Crippen LogP contribution in [-0.4, -0.2) is 26.0 Å². The van der Waals surface area contributed by atoms with E-state index in [2.05, 4.69) is 4.72 Å². The fraction of sp³-hybridized carbons (Fsp3) is 0.261. The average molecular weight is 412 g/mol. The molecule has 3 aromatic carbocycles. The lowest BCUT2D eigenvalue weighted by atomic mass is 10.1. The Bertz CT molecular complexity index is 1100. The van der Waals surface area contributed by atoms with Gasteiger partial charge in [-0.1, -0.05) is 60.7 Å². The van der Waals surface area contributed by atoms with Crippen molar-refractivity contribution in [2.45, 2.75) is 43.7 Å². The van der Waals surface area contributed by atoms with E-state index in [0.29, 0.717) is 0 Å². The van der Waals surface area contributed by atoms with Gasteiger partial charge in [0.05, 0.1) is 4.90 Å². The highest BCUT2D eigenvalue weighted by Gasteiger charge is 2.30. The van der Waals surface area contributed by atoms with Crippen LogP contribution in [0.15, 0.2) is 77.7 Å². The number of esters is 1. The predicted octanol–water partition coefficient (Wildman–Crippen LogP) is 4.07. The van der Waals surface area contributed by atoms with Crippen LogP contribution in [0.2, 0.25) is 0 Å². The minimum atomic E-state index is -3.92. The third-order valence-corrected chi connectivity index (χ3v) is 5.77. The number of sulfonamides is 1. The molecule has 152 valence electrons. The van der Waals surface area contributed by atoms with Crippen molar-refractivity contribution in [3.05, 3.63) is 78.4 Å². The highest BCUT2D eigenvalue weighted by molar-refractivity contribution is 7.89. The minimum Gasteiger partial charge on any atom is -0.459 e. The molecule has 1 unspecified atom stereocenters. The highest BCUT2D eigenvalue weighted by Crippen LogP contribution is 2.20. The summed E-state index contributed by atoms with van der Waals surface area (Å²) in [6, 6.07) is 20.6. The number of ether oxygens (including phenoxy) is 1. The van der Waals surface area contributed by atoms with Crippen LogP contribution >= 0.6 is 0 Å². The lowest BCUT2D eigenvalue weighted by Gasteiger charge is -2.24. The fourth-order valence-corrected chi connectivity index (χ4v) is 4.21. The van der Waals surface area contributed by atoms with Crippen LogP contribution in [0, 0.1) is 0 Å². The molecule has 0 heterocycles. The van der Waals surface area contributed by atoms with E-state index >= 15 is 0 Å². The molecule has 0 amide bonds. The standard InChI is InChI=1S/C23H25NO4S/c1-23(2,3)28-22(25)21(15-17-9-5-4-6-10-17)24-29(26,27)20-14-13-18-11-7-8-12-19(18)16-20/h4-14,16,21,24H,15H2,1-3H3. The molecule has 5 nitrogen and oxygen atoms in total. The van der Waals surface area contributed by atoms with Crippen molar-refractivity contribution in [3.8, 4) is 0 Å². The monoisotopic (exact) mass is 411 g/mol. The topological polar surface area (TPSA) is 72.5 Å². The van der Waals surface area contributed by atoms with Gasteiger partial charge >= 0.3 is 5.97 Å². The molecule has 0 spiro atoms. The van der Waals surface area contributed by atoms with Crippen molar-refractivity contribution in [2.75, 3.05) is 0 Å². The van der Waals surface area contributed by atoms with E-state index in [9.17, 15) is 13.2 Å². The molecule has 0 aliphatic rings. The summed E-state index contributed by atoms with van der Waals surface area (Å²) < 4.78 is 34.1. The van der Waals surface area contributed by atoms with Crippen molar-refractivity contribution in [1.29, 1.82) is 0 Å². The molecule has 0 saturated carbocycles. The minimum absolute atomic E-state index is 0.109. The Hall–Kier alpha value is -2.70. The van der Waals surface area contributed by atoms with Gasteiger partial charge in [-0.15, -0.1) is 0 Å². The van der Waals surface area contributed by atoms with Crippen LogP contribution < -0.4 is 4.72 Å². The number of hydrogen-bond donors (Lipinski definition) is 1. The zero-order valence-corrected chi connectivity index (χ0v) is 17.6. The van der Waals surface area contributed by atoms with Crippen LogP contribution in [0.4, 0.5) is 0 Å². The van der Waals surface area contributed by atoms with E-state index < -0.39 is 27.6 Å². The van der Waals surface area contributed by atoms with Gasteiger partial charge in [-0.05, 0) is 55.7 Å². The highest BCUT2D eigenvalue weighted by atomic mass is 32.2. The summed E-state index contributed by atoms with van der Waals surface area (Å²) in [5.41, 5.74) is 0.116. The Labute approximate surface area is 171 Å². The van der Waals surface area contributed by atoms with Crippen molar-refractivity contribution < 1.29 is 17.9 Å². The lowest BCUT2D eigenvalue weighted by molar-refractivity contribution is -0.156.